The highest BCUT2D eigenvalue weighted by atomic mass is 16.3. The highest BCUT2D eigenvalue weighted by Gasteiger charge is 2.14. The minimum absolute atomic E-state index is 0.0648. The molecule has 1 saturated carbocycles. The van der Waals surface area contributed by atoms with Gasteiger partial charge in [-0.2, -0.15) is 0 Å². The maximum absolute atomic E-state index is 8.45. The lowest BCUT2D eigenvalue weighted by molar-refractivity contribution is 0.0950. The van der Waals surface area contributed by atoms with Crippen LogP contribution in [-0.4, -0.2) is 62.4 Å². The Morgan fingerprint density at radius 1 is 1.14 bits per heavy atom. The van der Waals surface area contributed by atoms with Crippen molar-refractivity contribution in [2.75, 3.05) is 46.3 Å². The monoisotopic (exact) mass is 301 g/mol. The molecular formula is C17H39N3O. The van der Waals surface area contributed by atoms with Gasteiger partial charge in [0.25, 0.3) is 0 Å². The van der Waals surface area contributed by atoms with Crippen molar-refractivity contribution >= 4 is 0 Å². The van der Waals surface area contributed by atoms with E-state index in [9.17, 15) is 0 Å². The first-order chi connectivity index (χ1) is 10.2. The molecule has 0 amide bonds. The van der Waals surface area contributed by atoms with Gasteiger partial charge in [0.2, 0.25) is 0 Å². The molecule has 4 heteroatoms. The van der Waals surface area contributed by atoms with Crippen LogP contribution < -0.4 is 10.6 Å². The lowest BCUT2D eigenvalue weighted by Crippen LogP contribution is -2.37. The molecule has 2 fully saturated rings. The van der Waals surface area contributed by atoms with Gasteiger partial charge in [-0.3, -0.25) is 0 Å². The fourth-order valence-electron chi connectivity index (χ4n) is 2.43. The van der Waals surface area contributed by atoms with Crippen molar-refractivity contribution in [1.82, 2.24) is 15.5 Å². The molecule has 0 aromatic rings. The highest BCUT2D eigenvalue weighted by Crippen LogP contribution is 2.16. The molecule has 0 unspecified atom stereocenters. The largest absolute Gasteiger partial charge is 0.393 e. The van der Waals surface area contributed by atoms with Crippen molar-refractivity contribution in [3.63, 3.8) is 0 Å². The number of piperidine rings is 1. The van der Waals surface area contributed by atoms with Gasteiger partial charge in [0.05, 0.1) is 6.10 Å². The Morgan fingerprint density at radius 3 is 2.14 bits per heavy atom. The molecule has 128 valence electrons. The predicted molar refractivity (Wildman–Crippen MR) is 92.8 cm³/mol. The van der Waals surface area contributed by atoms with Gasteiger partial charge in [0.1, 0.15) is 0 Å². The zero-order chi connectivity index (χ0) is 15.9. The van der Waals surface area contributed by atoms with Gasteiger partial charge >= 0.3 is 0 Å². The molecule has 0 aromatic carbocycles. The number of aliphatic hydroxyl groups is 1. The molecule has 1 aliphatic carbocycles. The molecule has 0 aromatic heterocycles. The third kappa shape index (κ3) is 12.1. The number of hydrogen-bond acceptors (Lipinski definition) is 4. The minimum atomic E-state index is 0.0648. The zero-order valence-electron chi connectivity index (χ0n) is 14.8. The highest BCUT2D eigenvalue weighted by molar-refractivity contribution is 4.71. The van der Waals surface area contributed by atoms with Crippen LogP contribution >= 0.6 is 0 Å². The Morgan fingerprint density at radius 2 is 1.71 bits per heavy atom. The smallest absolute Gasteiger partial charge is 0.0540 e. The average Bonchev–Trinajstić information content (AvgIpc) is 2.49. The van der Waals surface area contributed by atoms with Gasteiger partial charge < -0.3 is 20.6 Å². The van der Waals surface area contributed by atoms with Crippen LogP contribution in [0.2, 0.25) is 0 Å². The molecule has 0 atom stereocenters. The molecule has 0 spiro atoms. The standard InChI is InChI=1S/C11H25N3.C4H8O.C2H6/c1-3-12-8-9-14(2)10-11-4-6-13-7-5-11;5-4-2-1-3-4;1-2/h11-13H,3-10H2,1-2H3;4-5H,1-3H2;1-2H3. The SMILES string of the molecule is CC.CCNCCN(C)CC1CCNCC1.OC1CCC1. The topological polar surface area (TPSA) is 47.5 Å². The molecule has 2 rings (SSSR count). The normalized spacial score (nSPS) is 19.1. The first-order valence-electron chi connectivity index (χ1n) is 9.00. The van der Waals surface area contributed by atoms with Crippen LogP contribution in [0, 0.1) is 5.92 Å². The van der Waals surface area contributed by atoms with Crippen molar-refractivity contribution in [1.29, 1.82) is 0 Å². The Labute approximate surface area is 132 Å². The van der Waals surface area contributed by atoms with Crippen molar-refractivity contribution < 1.29 is 5.11 Å². The molecular weight excluding hydrogens is 262 g/mol. The third-order valence-electron chi connectivity index (χ3n) is 4.02. The summed E-state index contributed by atoms with van der Waals surface area (Å²) in [4.78, 5) is 2.46. The maximum atomic E-state index is 8.45. The Balaban J connectivity index is 0.000000473. The van der Waals surface area contributed by atoms with Gasteiger partial charge in [-0.05, 0) is 64.7 Å². The Hall–Kier alpha value is -0.160. The molecule has 0 radical (unpaired) electrons. The van der Waals surface area contributed by atoms with E-state index in [2.05, 4.69) is 29.5 Å². The van der Waals surface area contributed by atoms with E-state index in [1.54, 1.807) is 0 Å². The van der Waals surface area contributed by atoms with Crippen molar-refractivity contribution in [2.45, 2.75) is 59.0 Å². The average molecular weight is 302 g/mol. The van der Waals surface area contributed by atoms with Gasteiger partial charge in [0, 0.05) is 19.6 Å². The first kappa shape index (κ1) is 20.8. The molecule has 2 aliphatic rings. The van der Waals surface area contributed by atoms with Gasteiger partial charge in [-0.15, -0.1) is 0 Å². The second kappa shape index (κ2) is 14.8. The number of likely N-dealkylation sites (N-methyl/N-ethyl adjacent to an activating group) is 2. The van der Waals surface area contributed by atoms with E-state index in [0.29, 0.717) is 0 Å². The Kier molecular flexibility index (Phi) is 14.7. The lowest BCUT2D eigenvalue weighted by atomic mass is 9.97. The van der Waals surface area contributed by atoms with E-state index in [4.69, 9.17) is 5.11 Å². The van der Waals surface area contributed by atoms with Crippen LogP contribution in [0.4, 0.5) is 0 Å². The molecule has 4 nitrogen and oxygen atoms in total. The summed E-state index contributed by atoms with van der Waals surface area (Å²) in [7, 11) is 2.24. The first-order valence-corrected chi connectivity index (χ1v) is 9.00. The summed E-state index contributed by atoms with van der Waals surface area (Å²) in [6.07, 6.45) is 6.09. The summed E-state index contributed by atoms with van der Waals surface area (Å²) in [5.41, 5.74) is 0. The predicted octanol–water partition coefficient (Wildman–Crippen LogP) is 2.08. The van der Waals surface area contributed by atoms with E-state index >= 15 is 0 Å². The van der Waals surface area contributed by atoms with E-state index in [1.165, 1.54) is 45.4 Å². The molecule has 1 saturated heterocycles. The fraction of sp³-hybridized carbons (Fsp3) is 1.00. The summed E-state index contributed by atoms with van der Waals surface area (Å²) in [5, 5.41) is 15.2. The van der Waals surface area contributed by atoms with Crippen LogP contribution in [0.15, 0.2) is 0 Å². The van der Waals surface area contributed by atoms with Crippen molar-refractivity contribution in [3.05, 3.63) is 0 Å². The summed E-state index contributed by atoms with van der Waals surface area (Å²) in [5.74, 6) is 0.919. The van der Waals surface area contributed by atoms with Crippen LogP contribution in [0.5, 0.6) is 0 Å². The summed E-state index contributed by atoms with van der Waals surface area (Å²) < 4.78 is 0. The minimum Gasteiger partial charge on any atom is -0.393 e. The van der Waals surface area contributed by atoms with Crippen LogP contribution in [0.1, 0.15) is 52.9 Å². The number of rotatable bonds is 6. The number of nitrogens with one attached hydrogen (secondary N) is 2. The Bertz CT molecular complexity index is 204. The van der Waals surface area contributed by atoms with Gasteiger partial charge in [-0.1, -0.05) is 20.8 Å². The molecule has 1 aliphatic heterocycles. The summed E-state index contributed by atoms with van der Waals surface area (Å²) >= 11 is 0. The fourth-order valence-corrected chi connectivity index (χ4v) is 2.43. The second-order valence-electron chi connectivity index (χ2n) is 5.89. The van der Waals surface area contributed by atoms with Gasteiger partial charge in [-0.25, -0.2) is 0 Å². The van der Waals surface area contributed by atoms with Gasteiger partial charge in [0.15, 0.2) is 0 Å². The molecule has 0 bridgehead atoms. The summed E-state index contributed by atoms with van der Waals surface area (Å²) in [6.45, 7) is 13.2. The van der Waals surface area contributed by atoms with E-state index in [1.807, 2.05) is 13.8 Å². The maximum Gasteiger partial charge on any atom is 0.0540 e. The van der Waals surface area contributed by atoms with E-state index < -0.39 is 0 Å². The molecule has 21 heavy (non-hydrogen) atoms. The number of aliphatic hydroxyl groups excluding tert-OH is 1. The lowest BCUT2D eigenvalue weighted by Gasteiger charge is -2.27. The molecule has 1 heterocycles. The van der Waals surface area contributed by atoms with E-state index in [-0.39, 0.29) is 6.10 Å². The summed E-state index contributed by atoms with van der Waals surface area (Å²) in [6, 6.07) is 0. The number of hydrogen-bond donors (Lipinski definition) is 3. The second-order valence-corrected chi connectivity index (χ2v) is 5.89. The quantitative estimate of drug-likeness (QED) is 0.658. The van der Waals surface area contributed by atoms with E-state index in [0.717, 1.165) is 31.8 Å². The number of nitrogens with zero attached hydrogens (tertiary/aromatic N) is 1. The van der Waals surface area contributed by atoms with Crippen molar-refractivity contribution in [2.24, 2.45) is 5.92 Å². The van der Waals surface area contributed by atoms with Crippen LogP contribution in [0.25, 0.3) is 0 Å². The third-order valence-corrected chi connectivity index (χ3v) is 4.02. The zero-order valence-corrected chi connectivity index (χ0v) is 14.8. The van der Waals surface area contributed by atoms with Crippen LogP contribution in [-0.2, 0) is 0 Å². The molecule has 3 N–H and O–H groups in total. The van der Waals surface area contributed by atoms with Crippen molar-refractivity contribution in [3.8, 4) is 0 Å². The van der Waals surface area contributed by atoms with Crippen LogP contribution in [0.3, 0.4) is 0 Å².